The summed E-state index contributed by atoms with van der Waals surface area (Å²) in [6, 6.07) is 39.0. The highest BCUT2D eigenvalue weighted by Gasteiger charge is 2.35. The second-order valence-electron chi connectivity index (χ2n) is 9.22. The Morgan fingerprint density at radius 1 is 0.444 bits per heavy atom. The predicted molar refractivity (Wildman–Crippen MR) is 145 cm³/mol. The van der Waals surface area contributed by atoms with Gasteiger partial charge in [-0.05, 0) is 74.2 Å². The van der Waals surface area contributed by atoms with Crippen LogP contribution in [0, 0.1) is 0 Å². The van der Waals surface area contributed by atoms with Crippen LogP contribution in [0.1, 0.15) is 46.4 Å². The molecule has 0 bridgehead atoms. The number of rotatable bonds is 6. The largest absolute Gasteiger partial charge is 0.305 e. The van der Waals surface area contributed by atoms with Crippen molar-refractivity contribution >= 4 is 23.2 Å². The maximum Gasteiger partial charge on any atom is 0.258 e. The molecular weight excluding hydrogens is 444 g/mol. The SMILES string of the molecule is O=C(c1ccccc1)N(c1ccccc1)C1CCC(N(C(=O)c2ccccc2)c2ccccc2)CC1. The molecule has 0 heterocycles. The second-order valence-corrected chi connectivity index (χ2v) is 9.22. The summed E-state index contributed by atoms with van der Waals surface area (Å²) in [4.78, 5) is 31.2. The number of nitrogens with zero attached hydrogens (tertiary/aromatic N) is 2. The molecule has 0 aliphatic heterocycles. The third kappa shape index (κ3) is 5.08. The lowest BCUT2D eigenvalue weighted by Gasteiger charge is -2.41. The van der Waals surface area contributed by atoms with E-state index in [9.17, 15) is 9.59 Å². The fraction of sp³-hybridized carbons (Fsp3) is 0.188. The maximum atomic E-state index is 13.6. The molecule has 4 nitrogen and oxygen atoms in total. The molecule has 4 heteroatoms. The van der Waals surface area contributed by atoms with E-state index in [-0.39, 0.29) is 23.9 Å². The number of amides is 2. The minimum atomic E-state index is 0.0190. The topological polar surface area (TPSA) is 40.6 Å². The van der Waals surface area contributed by atoms with Crippen LogP contribution in [0.3, 0.4) is 0 Å². The summed E-state index contributed by atoms with van der Waals surface area (Å²) in [7, 11) is 0. The van der Waals surface area contributed by atoms with Crippen LogP contribution in [0.15, 0.2) is 121 Å². The normalized spacial score (nSPS) is 17.2. The smallest absolute Gasteiger partial charge is 0.258 e. The van der Waals surface area contributed by atoms with Gasteiger partial charge in [-0.2, -0.15) is 0 Å². The monoisotopic (exact) mass is 474 g/mol. The lowest BCUT2D eigenvalue weighted by atomic mass is 9.87. The molecule has 0 unspecified atom stereocenters. The first-order valence-corrected chi connectivity index (χ1v) is 12.6. The summed E-state index contributed by atoms with van der Waals surface area (Å²) >= 11 is 0. The number of para-hydroxylation sites is 2. The van der Waals surface area contributed by atoms with Crippen LogP contribution in [0.4, 0.5) is 11.4 Å². The molecule has 4 aromatic carbocycles. The van der Waals surface area contributed by atoms with Gasteiger partial charge in [-0.25, -0.2) is 0 Å². The molecule has 0 N–H and O–H groups in total. The first kappa shape index (κ1) is 23.6. The molecular formula is C32H30N2O2. The molecule has 5 rings (SSSR count). The van der Waals surface area contributed by atoms with E-state index < -0.39 is 0 Å². The predicted octanol–water partition coefficient (Wildman–Crippen LogP) is 6.99. The zero-order valence-corrected chi connectivity index (χ0v) is 20.2. The van der Waals surface area contributed by atoms with E-state index in [1.807, 2.05) is 131 Å². The average Bonchev–Trinajstić information content (AvgIpc) is 2.96. The second kappa shape index (κ2) is 11.0. The zero-order chi connectivity index (χ0) is 24.7. The third-order valence-electron chi connectivity index (χ3n) is 6.94. The molecule has 1 aliphatic rings. The lowest BCUT2D eigenvalue weighted by Crippen LogP contribution is -2.48. The van der Waals surface area contributed by atoms with Gasteiger partial charge in [0.1, 0.15) is 0 Å². The molecule has 0 saturated heterocycles. The van der Waals surface area contributed by atoms with Crippen molar-refractivity contribution in [3.63, 3.8) is 0 Å². The summed E-state index contributed by atoms with van der Waals surface area (Å²) < 4.78 is 0. The Hall–Kier alpha value is -4.18. The molecule has 180 valence electrons. The van der Waals surface area contributed by atoms with Crippen molar-refractivity contribution < 1.29 is 9.59 Å². The van der Waals surface area contributed by atoms with Gasteiger partial charge >= 0.3 is 0 Å². The molecule has 2 amide bonds. The van der Waals surface area contributed by atoms with Crippen LogP contribution in [0.2, 0.25) is 0 Å². The van der Waals surface area contributed by atoms with Gasteiger partial charge in [0.15, 0.2) is 0 Å². The fourth-order valence-electron chi connectivity index (χ4n) is 5.18. The number of anilines is 2. The molecule has 0 atom stereocenters. The van der Waals surface area contributed by atoms with Crippen LogP contribution in [0.5, 0.6) is 0 Å². The van der Waals surface area contributed by atoms with Crippen molar-refractivity contribution in [2.24, 2.45) is 0 Å². The van der Waals surface area contributed by atoms with Crippen LogP contribution in [-0.4, -0.2) is 23.9 Å². The van der Waals surface area contributed by atoms with E-state index in [0.717, 1.165) is 37.1 Å². The van der Waals surface area contributed by atoms with Gasteiger partial charge in [-0.1, -0.05) is 72.8 Å². The zero-order valence-electron chi connectivity index (χ0n) is 20.2. The van der Waals surface area contributed by atoms with Gasteiger partial charge in [0.05, 0.1) is 0 Å². The van der Waals surface area contributed by atoms with E-state index in [2.05, 4.69) is 0 Å². The van der Waals surface area contributed by atoms with Crippen molar-refractivity contribution in [2.75, 3.05) is 9.80 Å². The van der Waals surface area contributed by atoms with Crippen molar-refractivity contribution in [1.29, 1.82) is 0 Å². The summed E-state index contributed by atoms with van der Waals surface area (Å²) in [6.45, 7) is 0. The molecule has 0 aromatic heterocycles. The summed E-state index contributed by atoms with van der Waals surface area (Å²) in [5.41, 5.74) is 3.20. The summed E-state index contributed by atoms with van der Waals surface area (Å²) in [5, 5.41) is 0. The van der Waals surface area contributed by atoms with Crippen molar-refractivity contribution in [3.8, 4) is 0 Å². The molecule has 4 aromatic rings. The van der Waals surface area contributed by atoms with Crippen LogP contribution < -0.4 is 9.80 Å². The standard InChI is InChI=1S/C32H30N2O2/c35-31(25-13-5-1-6-14-25)33(27-17-9-3-10-18-27)29-21-23-30(24-22-29)34(28-19-11-4-12-20-28)32(36)26-15-7-2-8-16-26/h1-20,29-30H,21-24H2. The Balaban J connectivity index is 1.40. The number of carbonyl (C=O) groups is 2. The van der Waals surface area contributed by atoms with Gasteiger partial charge in [-0.15, -0.1) is 0 Å². The highest BCUT2D eigenvalue weighted by Crippen LogP contribution is 2.33. The number of hydrogen-bond donors (Lipinski definition) is 0. The Bertz CT molecular complexity index is 1170. The Morgan fingerprint density at radius 3 is 1.03 bits per heavy atom. The maximum absolute atomic E-state index is 13.6. The minimum absolute atomic E-state index is 0.0190. The first-order valence-electron chi connectivity index (χ1n) is 12.6. The van der Waals surface area contributed by atoms with Crippen LogP contribution >= 0.6 is 0 Å². The van der Waals surface area contributed by atoms with Gasteiger partial charge in [0.25, 0.3) is 11.8 Å². The van der Waals surface area contributed by atoms with Gasteiger partial charge in [-0.3, -0.25) is 9.59 Å². The van der Waals surface area contributed by atoms with Crippen LogP contribution in [-0.2, 0) is 0 Å². The number of benzene rings is 4. The van der Waals surface area contributed by atoms with Crippen molar-refractivity contribution in [3.05, 3.63) is 132 Å². The Morgan fingerprint density at radius 2 is 0.722 bits per heavy atom. The summed E-state index contributed by atoms with van der Waals surface area (Å²) in [5.74, 6) is 0.0380. The molecule has 0 radical (unpaired) electrons. The number of carbonyl (C=O) groups excluding carboxylic acids is 2. The van der Waals surface area contributed by atoms with E-state index in [1.54, 1.807) is 0 Å². The van der Waals surface area contributed by atoms with Gasteiger partial charge in [0, 0.05) is 34.6 Å². The molecule has 1 aliphatic carbocycles. The summed E-state index contributed by atoms with van der Waals surface area (Å²) in [6.07, 6.45) is 3.29. The van der Waals surface area contributed by atoms with Crippen LogP contribution in [0.25, 0.3) is 0 Å². The average molecular weight is 475 g/mol. The van der Waals surface area contributed by atoms with Gasteiger partial charge in [0.2, 0.25) is 0 Å². The molecule has 36 heavy (non-hydrogen) atoms. The Kier molecular flexibility index (Phi) is 7.23. The minimum Gasteiger partial charge on any atom is -0.305 e. The quantitative estimate of drug-likeness (QED) is 0.302. The third-order valence-corrected chi connectivity index (χ3v) is 6.94. The fourth-order valence-corrected chi connectivity index (χ4v) is 5.18. The van der Waals surface area contributed by atoms with E-state index >= 15 is 0 Å². The highest BCUT2D eigenvalue weighted by molar-refractivity contribution is 6.07. The highest BCUT2D eigenvalue weighted by atomic mass is 16.2. The molecule has 1 fully saturated rings. The lowest BCUT2D eigenvalue weighted by molar-refractivity contribution is 0.0946. The number of hydrogen-bond acceptors (Lipinski definition) is 2. The van der Waals surface area contributed by atoms with E-state index in [4.69, 9.17) is 0 Å². The first-order chi connectivity index (χ1) is 17.7. The van der Waals surface area contributed by atoms with Crippen molar-refractivity contribution in [2.45, 2.75) is 37.8 Å². The van der Waals surface area contributed by atoms with E-state index in [0.29, 0.717) is 11.1 Å². The Labute approximate surface area is 212 Å². The van der Waals surface area contributed by atoms with E-state index in [1.165, 1.54) is 0 Å². The molecule has 1 saturated carbocycles. The van der Waals surface area contributed by atoms with Crippen molar-refractivity contribution in [1.82, 2.24) is 0 Å². The van der Waals surface area contributed by atoms with Gasteiger partial charge < -0.3 is 9.80 Å². The molecule has 0 spiro atoms.